The molecule has 1 fully saturated rings. The number of carbonyl (C=O) groups is 2. The molecule has 0 radical (unpaired) electrons. The van der Waals surface area contributed by atoms with Crippen LogP contribution in [0.4, 0.5) is 10.5 Å². The Labute approximate surface area is 102 Å². The van der Waals surface area contributed by atoms with Crippen molar-refractivity contribution in [1.82, 2.24) is 4.90 Å². The molecule has 1 N–H and O–H groups in total. The van der Waals surface area contributed by atoms with Crippen molar-refractivity contribution in [2.45, 2.75) is 0 Å². The summed E-state index contributed by atoms with van der Waals surface area (Å²) in [5, 5.41) is 3.24. The molecule has 0 spiro atoms. The molecule has 1 saturated heterocycles. The first-order valence-corrected chi connectivity index (χ1v) is 6.15. The molecule has 0 aromatic heterocycles. The molecule has 0 aliphatic carbocycles. The molecule has 1 aromatic carbocycles. The monoisotopic (exact) mass is 256 g/mol. The minimum Gasteiger partial charge on any atom is -0.307 e. The van der Waals surface area contributed by atoms with Crippen LogP contribution in [0.3, 0.4) is 0 Å². The Morgan fingerprint density at radius 1 is 1.38 bits per heavy atom. The smallest absolute Gasteiger partial charge is 0.307 e. The van der Waals surface area contributed by atoms with Gasteiger partial charge in [-0.15, -0.1) is 11.8 Å². The molecule has 1 heterocycles. The van der Waals surface area contributed by atoms with E-state index in [1.807, 2.05) is 0 Å². The molecular weight excluding hydrogens is 248 g/mol. The van der Waals surface area contributed by atoms with Gasteiger partial charge in [-0.2, -0.15) is 0 Å². The second kappa shape index (κ2) is 4.76. The first-order chi connectivity index (χ1) is 7.66. The Hall–Kier alpha value is -1.20. The van der Waals surface area contributed by atoms with Gasteiger partial charge in [-0.1, -0.05) is 11.6 Å². The number of rotatable bonds is 1. The summed E-state index contributed by atoms with van der Waals surface area (Å²) in [6, 6.07) is 6.34. The normalized spacial score (nSPS) is 15.3. The predicted octanol–water partition coefficient (Wildman–Crippen LogP) is 2.40. The van der Waals surface area contributed by atoms with E-state index in [0.717, 1.165) is 0 Å². The molecule has 0 unspecified atom stereocenters. The van der Waals surface area contributed by atoms with E-state index in [1.165, 1.54) is 16.7 Å². The first kappa shape index (κ1) is 11.3. The number of amides is 3. The minimum atomic E-state index is -0.391. The Bertz CT molecular complexity index is 421. The van der Waals surface area contributed by atoms with Crippen LogP contribution in [-0.4, -0.2) is 28.5 Å². The second-order valence-electron chi connectivity index (χ2n) is 3.24. The number of halogens is 1. The third-order valence-corrected chi connectivity index (χ3v) is 3.23. The summed E-state index contributed by atoms with van der Waals surface area (Å²) in [5.74, 6) is 0.628. The molecule has 1 aromatic rings. The fourth-order valence-electron chi connectivity index (χ4n) is 1.27. The largest absolute Gasteiger partial charge is 0.329 e. The van der Waals surface area contributed by atoms with Crippen LogP contribution < -0.4 is 5.32 Å². The van der Waals surface area contributed by atoms with Crippen molar-refractivity contribution in [1.29, 1.82) is 0 Å². The van der Waals surface area contributed by atoms with E-state index in [2.05, 4.69) is 5.32 Å². The molecule has 0 saturated carbocycles. The van der Waals surface area contributed by atoms with Gasteiger partial charge in [0, 0.05) is 10.7 Å². The number of hydrogen-bond donors (Lipinski definition) is 1. The Morgan fingerprint density at radius 2 is 2.06 bits per heavy atom. The van der Waals surface area contributed by atoms with Crippen LogP contribution in [0.25, 0.3) is 0 Å². The molecule has 16 heavy (non-hydrogen) atoms. The van der Waals surface area contributed by atoms with Crippen LogP contribution in [0.1, 0.15) is 0 Å². The van der Waals surface area contributed by atoms with E-state index >= 15 is 0 Å². The summed E-state index contributed by atoms with van der Waals surface area (Å²) in [4.78, 5) is 24.1. The van der Waals surface area contributed by atoms with Gasteiger partial charge in [-0.25, -0.2) is 4.79 Å². The Balaban J connectivity index is 2.02. The van der Waals surface area contributed by atoms with E-state index in [-0.39, 0.29) is 5.91 Å². The molecule has 2 rings (SSSR count). The second-order valence-corrected chi connectivity index (χ2v) is 4.63. The summed E-state index contributed by atoms with van der Waals surface area (Å²) in [7, 11) is 0. The average molecular weight is 257 g/mol. The number of nitrogens with zero attached hydrogens (tertiary/aromatic N) is 1. The third kappa shape index (κ3) is 2.48. The lowest BCUT2D eigenvalue weighted by atomic mass is 10.3. The Kier molecular flexibility index (Phi) is 3.36. The molecule has 4 nitrogen and oxygen atoms in total. The molecule has 3 amide bonds. The number of nitrogens with one attached hydrogen (secondary N) is 1. The van der Waals surface area contributed by atoms with E-state index in [0.29, 0.717) is 22.3 Å². The lowest BCUT2D eigenvalue weighted by Crippen LogP contribution is -2.36. The standard InChI is InChI=1S/C10H9ClN2O2S/c11-7-1-3-8(4-2-7)12-10(15)13-6-16-5-9(13)14/h1-4H,5-6H2,(H,12,15). The van der Waals surface area contributed by atoms with Gasteiger partial charge in [0.05, 0.1) is 11.6 Å². The van der Waals surface area contributed by atoms with E-state index < -0.39 is 6.03 Å². The highest BCUT2D eigenvalue weighted by atomic mass is 35.5. The molecule has 0 bridgehead atoms. The van der Waals surface area contributed by atoms with Crippen molar-refractivity contribution in [3.05, 3.63) is 29.3 Å². The summed E-state index contributed by atoms with van der Waals surface area (Å²) < 4.78 is 0. The van der Waals surface area contributed by atoms with E-state index in [1.54, 1.807) is 24.3 Å². The van der Waals surface area contributed by atoms with Gasteiger partial charge >= 0.3 is 6.03 Å². The highest BCUT2D eigenvalue weighted by Crippen LogP contribution is 2.18. The van der Waals surface area contributed by atoms with Gasteiger partial charge in [-0.05, 0) is 24.3 Å². The van der Waals surface area contributed by atoms with Gasteiger partial charge in [-0.3, -0.25) is 9.69 Å². The van der Waals surface area contributed by atoms with Crippen molar-refractivity contribution in [3.63, 3.8) is 0 Å². The number of urea groups is 1. The van der Waals surface area contributed by atoms with Gasteiger partial charge < -0.3 is 5.32 Å². The van der Waals surface area contributed by atoms with Crippen molar-refractivity contribution in [2.24, 2.45) is 0 Å². The van der Waals surface area contributed by atoms with Crippen LogP contribution in [0, 0.1) is 0 Å². The predicted molar refractivity (Wildman–Crippen MR) is 64.6 cm³/mol. The molecule has 6 heteroatoms. The lowest BCUT2D eigenvalue weighted by molar-refractivity contribution is -0.123. The maximum atomic E-state index is 11.7. The maximum Gasteiger partial charge on any atom is 0.329 e. The van der Waals surface area contributed by atoms with Gasteiger partial charge in [0.2, 0.25) is 5.91 Å². The third-order valence-electron chi connectivity index (χ3n) is 2.09. The van der Waals surface area contributed by atoms with Crippen molar-refractivity contribution < 1.29 is 9.59 Å². The molecule has 84 valence electrons. The quantitative estimate of drug-likeness (QED) is 0.839. The van der Waals surface area contributed by atoms with Crippen LogP contribution in [0.2, 0.25) is 5.02 Å². The van der Waals surface area contributed by atoms with Crippen LogP contribution in [0.15, 0.2) is 24.3 Å². The lowest BCUT2D eigenvalue weighted by Gasteiger charge is -2.13. The zero-order valence-corrected chi connectivity index (χ0v) is 9.85. The SMILES string of the molecule is O=C1CSCN1C(=O)Nc1ccc(Cl)cc1. The molecule has 1 aliphatic rings. The number of anilines is 1. The fraction of sp³-hybridized carbons (Fsp3) is 0.200. The first-order valence-electron chi connectivity index (χ1n) is 4.61. The highest BCUT2D eigenvalue weighted by Gasteiger charge is 2.26. The number of hydrogen-bond acceptors (Lipinski definition) is 3. The zero-order valence-electron chi connectivity index (χ0n) is 8.27. The van der Waals surface area contributed by atoms with Crippen molar-refractivity contribution in [2.75, 3.05) is 16.9 Å². The van der Waals surface area contributed by atoms with E-state index in [9.17, 15) is 9.59 Å². The summed E-state index contributed by atoms with van der Waals surface area (Å²) >= 11 is 7.14. The number of carbonyl (C=O) groups excluding carboxylic acids is 2. The van der Waals surface area contributed by atoms with E-state index in [4.69, 9.17) is 11.6 Å². The highest BCUT2D eigenvalue weighted by molar-refractivity contribution is 8.00. The van der Waals surface area contributed by atoms with Crippen molar-refractivity contribution in [3.8, 4) is 0 Å². The van der Waals surface area contributed by atoms with Crippen LogP contribution >= 0.6 is 23.4 Å². The van der Waals surface area contributed by atoms with Gasteiger partial charge in [0.1, 0.15) is 0 Å². The van der Waals surface area contributed by atoms with Crippen molar-refractivity contribution >= 4 is 41.0 Å². The van der Waals surface area contributed by atoms with Gasteiger partial charge in [0.25, 0.3) is 0 Å². The molecule has 0 atom stereocenters. The number of benzene rings is 1. The minimum absolute atomic E-state index is 0.156. The number of imide groups is 1. The summed E-state index contributed by atoms with van der Waals surface area (Å²) in [6.45, 7) is 0. The Morgan fingerprint density at radius 3 is 2.62 bits per heavy atom. The summed E-state index contributed by atoms with van der Waals surface area (Å²) in [6.07, 6.45) is 0. The zero-order chi connectivity index (χ0) is 11.5. The molecule has 1 aliphatic heterocycles. The average Bonchev–Trinajstić information content (AvgIpc) is 2.68. The summed E-state index contributed by atoms with van der Waals surface area (Å²) in [5.41, 5.74) is 0.624. The van der Waals surface area contributed by atoms with Crippen LogP contribution in [0.5, 0.6) is 0 Å². The topological polar surface area (TPSA) is 49.4 Å². The van der Waals surface area contributed by atoms with Gasteiger partial charge in [0.15, 0.2) is 0 Å². The fourth-order valence-corrected chi connectivity index (χ4v) is 2.26. The number of thioether (sulfide) groups is 1. The van der Waals surface area contributed by atoms with Crippen LogP contribution in [-0.2, 0) is 4.79 Å². The maximum absolute atomic E-state index is 11.7. The molecular formula is C10H9ClN2O2S.